The van der Waals surface area contributed by atoms with Crippen LogP contribution in [0.25, 0.3) is 5.69 Å². The summed E-state index contributed by atoms with van der Waals surface area (Å²) in [7, 11) is 0. The van der Waals surface area contributed by atoms with Crippen molar-refractivity contribution >= 4 is 11.7 Å². The van der Waals surface area contributed by atoms with Crippen LogP contribution >= 0.6 is 0 Å². The number of rotatable bonds is 5. The number of fused-ring (bicyclic) bond motifs is 1. The highest BCUT2D eigenvalue weighted by molar-refractivity contribution is 5.99. The maximum atomic E-state index is 13.1. The SMILES string of the molecule is CCN1Cc2c(ccnc2N[C@@H](C)c2ccn(-c3ccc(F)cc3)n2)C1=O. The van der Waals surface area contributed by atoms with Gasteiger partial charge in [0.05, 0.1) is 24.0 Å². The predicted octanol–water partition coefficient (Wildman–Crippen LogP) is 3.56. The Morgan fingerprint density at radius 2 is 2.00 bits per heavy atom. The van der Waals surface area contributed by atoms with E-state index in [0.717, 1.165) is 16.9 Å². The second-order valence-corrected chi connectivity index (χ2v) is 6.53. The van der Waals surface area contributed by atoms with Crippen molar-refractivity contribution in [2.24, 2.45) is 0 Å². The Kier molecular flexibility index (Phi) is 4.35. The molecule has 1 atom stereocenters. The number of hydrogen-bond acceptors (Lipinski definition) is 4. The van der Waals surface area contributed by atoms with Gasteiger partial charge >= 0.3 is 0 Å². The summed E-state index contributed by atoms with van der Waals surface area (Å²) >= 11 is 0. The minimum Gasteiger partial charge on any atom is -0.362 e. The number of amides is 1. The van der Waals surface area contributed by atoms with Gasteiger partial charge in [0.1, 0.15) is 11.6 Å². The van der Waals surface area contributed by atoms with Gasteiger partial charge in [-0.15, -0.1) is 0 Å². The number of pyridine rings is 1. The highest BCUT2D eigenvalue weighted by Crippen LogP contribution is 2.29. The molecule has 4 rings (SSSR count). The van der Waals surface area contributed by atoms with E-state index < -0.39 is 0 Å². The Morgan fingerprint density at radius 3 is 2.74 bits per heavy atom. The molecule has 0 radical (unpaired) electrons. The maximum Gasteiger partial charge on any atom is 0.254 e. The third kappa shape index (κ3) is 3.16. The summed E-state index contributed by atoms with van der Waals surface area (Å²) in [5, 5.41) is 7.94. The van der Waals surface area contributed by atoms with Gasteiger partial charge in [0.15, 0.2) is 0 Å². The van der Waals surface area contributed by atoms with E-state index in [1.165, 1.54) is 12.1 Å². The number of aromatic nitrogens is 3. The van der Waals surface area contributed by atoms with Crippen molar-refractivity contribution in [1.29, 1.82) is 0 Å². The molecule has 0 unspecified atom stereocenters. The molecule has 1 aliphatic heterocycles. The lowest BCUT2D eigenvalue weighted by Gasteiger charge is -2.15. The molecule has 0 spiro atoms. The third-order valence-corrected chi connectivity index (χ3v) is 4.80. The number of hydrogen-bond donors (Lipinski definition) is 1. The molecule has 2 aromatic heterocycles. The minimum atomic E-state index is -0.277. The largest absolute Gasteiger partial charge is 0.362 e. The molecular formula is C20H20FN5O. The molecule has 1 amide bonds. The van der Waals surface area contributed by atoms with Gasteiger partial charge in [0, 0.05) is 30.1 Å². The fourth-order valence-corrected chi connectivity index (χ4v) is 3.25. The third-order valence-electron chi connectivity index (χ3n) is 4.80. The molecule has 1 aliphatic rings. The molecule has 7 heteroatoms. The predicted molar refractivity (Wildman–Crippen MR) is 100 cm³/mol. The fourth-order valence-electron chi connectivity index (χ4n) is 3.25. The number of anilines is 1. The van der Waals surface area contributed by atoms with Gasteiger partial charge in [0.2, 0.25) is 0 Å². The normalized spacial score (nSPS) is 14.3. The van der Waals surface area contributed by atoms with Gasteiger partial charge < -0.3 is 10.2 Å². The molecule has 0 fully saturated rings. The van der Waals surface area contributed by atoms with Crippen molar-refractivity contribution in [3.63, 3.8) is 0 Å². The molecule has 0 aliphatic carbocycles. The zero-order valence-electron chi connectivity index (χ0n) is 15.2. The van der Waals surface area contributed by atoms with E-state index in [2.05, 4.69) is 15.4 Å². The van der Waals surface area contributed by atoms with Crippen LogP contribution in [0.5, 0.6) is 0 Å². The zero-order chi connectivity index (χ0) is 19.0. The maximum absolute atomic E-state index is 13.1. The van der Waals surface area contributed by atoms with Crippen LogP contribution in [-0.4, -0.2) is 32.1 Å². The molecule has 1 aromatic carbocycles. The van der Waals surface area contributed by atoms with Crippen LogP contribution in [0.1, 0.15) is 41.5 Å². The first kappa shape index (κ1) is 17.2. The number of carbonyl (C=O) groups excluding carboxylic acids is 1. The van der Waals surface area contributed by atoms with E-state index in [9.17, 15) is 9.18 Å². The van der Waals surface area contributed by atoms with Crippen molar-refractivity contribution in [2.45, 2.75) is 26.4 Å². The van der Waals surface area contributed by atoms with Gasteiger partial charge in [-0.2, -0.15) is 5.10 Å². The van der Waals surface area contributed by atoms with Crippen LogP contribution < -0.4 is 5.32 Å². The summed E-state index contributed by atoms with van der Waals surface area (Å²) in [4.78, 5) is 18.6. The number of halogens is 1. The highest BCUT2D eigenvalue weighted by Gasteiger charge is 2.29. The van der Waals surface area contributed by atoms with E-state index in [1.807, 2.05) is 26.1 Å². The van der Waals surface area contributed by atoms with E-state index in [0.29, 0.717) is 24.5 Å². The first-order chi connectivity index (χ1) is 13.1. The Hall–Kier alpha value is -3.22. The quantitative estimate of drug-likeness (QED) is 0.751. The van der Waals surface area contributed by atoms with Crippen LogP contribution in [0, 0.1) is 5.82 Å². The minimum absolute atomic E-state index is 0.0474. The highest BCUT2D eigenvalue weighted by atomic mass is 19.1. The van der Waals surface area contributed by atoms with E-state index in [-0.39, 0.29) is 17.8 Å². The molecule has 3 aromatic rings. The monoisotopic (exact) mass is 365 g/mol. The van der Waals surface area contributed by atoms with E-state index >= 15 is 0 Å². The Morgan fingerprint density at radius 1 is 1.22 bits per heavy atom. The molecule has 6 nitrogen and oxygen atoms in total. The summed E-state index contributed by atoms with van der Waals surface area (Å²) in [5.41, 5.74) is 3.25. The van der Waals surface area contributed by atoms with Crippen LogP contribution in [0.3, 0.4) is 0 Å². The molecule has 138 valence electrons. The van der Waals surface area contributed by atoms with Crippen molar-refractivity contribution in [1.82, 2.24) is 19.7 Å². The van der Waals surface area contributed by atoms with Gasteiger partial charge in [0.25, 0.3) is 5.91 Å². The molecule has 0 saturated carbocycles. The topological polar surface area (TPSA) is 63.1 Å². The van der Waals surface area contributed by atoms with Crippen LogP contribution in [0.4, 0.5) is 10.2 Å². The number of nitrogens with zero attached hydrogens (tertiary/aromatic N) is 4. The van der Waals surface area contributed by atoms with Gasteiger partial charge in [-0.05, 0) is 50.2 Å². The average molecular weight is 365 g/mol. The van der Waals surface area contributed by atoms with Crippen molar-refractivity contribution in [3.05, 3.63) is 71.4 Å². The summed E-state index contributed by atoms with van der Waals surface area (Å²) in [6.45, 7) is 5.20. The number of benzene rings is 1. The Labute approximate surface area is 156 Å². The lowest BCUT2D eigenvalue weighted by molar-refractivity contribution is 0.0787. The first-order valence-corrected chi connectivity index (χ1v) is 8.92. The lowest BCUT2D eigenvalue weighted by Crippen LogP contribution is -2.22. The average Bonchev–Trinajstić information content (AvgIpc) is 3.28. The standard InChI is InChI=1S/C20H20FN5O/c1-3-25-12-17-16(20(25)27)8-10-22-19(17)23-13(2)18-9-11-26(24-18)15-6-4-14(21)5-7-15/h4-11,13H,3,12H2,1-2H3,(H,22,23)/t13-/m0/s1. The zero-order valence-corrected chi connectivity index (χ0v) is 15.2. The summed E-state index contributed by atoms with van der Waals surface area (Å²) < 4.78 is 14.8. The van der Waals surface area contributed by atoms with Crippen molar-refractivity contribution < 1.29 is 9.18 Å². The Bertz CT molecular complexity index is 982. The van der Waals surface area contributed by atoms with E-state index in [1.54, 1.807) is 34.0 Å². The fraction of sp³-hybridized carbons (Fsp3) is 0.250. The van der Waals surface area contributed by atoms with Crippen LogP contribution in [0.2, 0.25) is 0 Å². The lowest BCUT2D eigenvalue weighted by atomic mass is 10.1. The van der Waals surface area contributed by atoms with Crippen LogP contribution in [-0.2, 0) is 6.54 Å². The Balaban J connectivity index is 1.55. The summed E-state index contributed by atoms with van der Waals surface area (Å²) in [6, 6.07) is 9.76. The van der Waals surface area contributed by atoms with E-state index in [4.69, 9.17) is 0 Å². The number of carbonyl (C=O) groups is 1. The molecule has 0 saturated heterocycles. The van der Waals surface area contributed by atoms with Gasteiger partial charge in [-0.1, -0.05) is 0 Å². The summed E-state index contributed by atoms with van der Waals surface area (Å²) in [5.74, 6) is 0.479. The summed E-state index contributed by atoms with van der Waals surface area (Å²) in [6.07, 6.45) is 3.49. The molecule has 1 N–H and O–H groups in total. The smallest absolute Gasteiger partial charge is 0.254 e. The molecule has 3 heterocycles. The second-order valence-electron chi connectivity index (χ2n) is 6.53. The van der Waals surface area contributed by atoms with Gasteiger partial charge in [-0.25, -0.2) is 14.1 Å². The van der Waals surface area contributed by atoms with Crippen molar-refractivity contribution in [2.75, 3.05) is 11.9 Å². The van der Waals surface area contributed by atoms with Gasteiger partial charge in [-0.3, -0.25) is 4.79 Å². The number of nitrogens with one attached hydrogen (secondary N) is 1. The molecular weight excluding hydrogens is 345 g/mol. The molecule has 0 bridgehead atoms. The second kappa shape index (κ2) is 6.83. The van der Waals surface area contributed by atoms with Crippen molar-refractivity contribution in [3.8, 4) is 5.69 Å². The molecule has 27 heavy (non-hydrogen) atoms. The first-order valence-electron chi connectivity index (χ1n) is 8.92. The van der Waals surface area contributed by atoms with Crippen LogP contribution in [0.15, 0.2) is 48.8 Å².